The number of rotatable bonds is 6. The molecule has 0 aliphatic rings. The van der Waals surface area contributed by atoms with E-state index in [1.807, 2.05) is 0 Å². The first kappa shape index (κ1) is 18.2. The van der Waals surface area contributed by atoms with Crippen molar-refractivity contribution >= 4 is 0 Å². The molecule has 0 unspecified atom stereocenters. The largest absolute Gasteiger partial charge is 0.397 e. The van der Waals surface area contributed by atoms with E-state index in [9.17, 15) is 43.9 Å². The fraction of sp³-hybridized carbons (Fsp3) is 1.00. The van der Waals surface area contributed by atoms with Gasteiger partial charge in [0.25, 0.3) is 0 Å². The summed E-state index contributed by atoms with van der Waals surface area (Å²) in [6.45, 7) is -2.13. The molecule has 0 amide bonds. The zero-order valence-electron chi connectivity index (χ0n) is 8.72. The lowest BCUT2D eigenvalue weighted by atomic mass is 10.4. The highest BCUT2D eigenvalue weighted by Crippen LogP contribution is 2.35. The SMILES string of the molecule is FC(F)(F)CC(F)(F)OCOC(F)(F)CC(F)(F)F. The van der Waals surface area contributed by atoms with Crippen LogP contribution in [0.2, 0.25) is 0 Å². The number of hydrogen-bond donors (Lipinski definition) is 0. The first-order valence-electron chi connectivity index (χ1n) is 4.29. The van der Waals surface area contributed by atoms with Crippen LogP contribution in [-0.2, 0) is 9.47 Å². The highest BCUT2D eigenvalue weighted by Gasteiger charge is 2.47. The van der Waals surface area contributed by atoms with Gasteiger partial charge in [-0.05, 0) is 0 Å². The van der Waals surface area contributed by atoms with Crippen molar-refractivity contribution in [3.63, 3.8) is 0 Å². The van der Waals surface area contributed by atoms with E-state index in [-0.39, 0.29) is 0 Å². The average Bonchev–Trinajstić information content (AvgIpc) is 1.90. The molecule has 2 nitrogen and oxygen atoms in total. The first-order valence-corrected chi connectivity index (χ1v) is 4.29. The zero-order valence-corrected chi connectivity index (χ0v) is 8.72. The van der Waals surface area contributed by atoms with Crippen LogP contribution in [0.15, 0.2) is 0 Å². The van der Waals surface area contributed by atoms with Crippen molar-refractivity contribution in [1.29, 1.82) is 0 Å². The first-order chi connectivity index (χ1) is 8.12. The Labute approximate surface area is 98.8 Å². The summed E-state index contributed by atoms with van der Waals surface area (Å²) in [6.07, 6.45) is -26.0. The van der Waals surface area contributed by atoms with Gasteiger partial charge in [0.05, 0.1) is 0 Å². The van der Waals surface area contributed by atoms with E-state index in [4.69, 9.17) is 0 Å². The zero-order chi connectivity index (χ0) is 15.5. The van der Waals surface area contributed by atoms with Gasteiger partial charge >= 0.3 is 24.6 Å². The molecule has 0 N–H and O–H groups in total. The Hall–Kier alpha value is -0.780. The molecular formula is C7H6F10O2. The Balaban J connectivity index is 4.21. The lowest BCUT2D eigenvalue weighted by molar-refractivity contribution is -0.366. The van der Waals surface area contributed by atoms with Crippen molar-refractivity contribution in [2.45, 2.75) is 37.4 Å². The van der Waals surface area contributed by atoms with E-state index >= 15 is 0 Å². The molecule has 0 rings (SSSR count). The van der Waals surface area contributed by atoms with Crippen LogP contribution in [0.1, 0.15) is 12.8 Å². The summed E-state index contributed by atoms with van der Waals surface area (Å²) in [4.78, 5) is 0. The van der Waals surface area contributed by atoms with E-state index in [2.05, 4.69) is 9.47 Å². The van der Waals surface area contributed by atoms with E-state index in [0.29, 0.717) is 0 Å². The van der Waals surface area contributed by atoms with Gasteiger partial charge in [-0.2, -0.15) is 43.9 Å². The highest BCUT2D eigenvalue weighted by atomic mass is 19.4. The Morgan fingerprint density at radius 1 is 0.526 bits per heavy atom. The summed E-state index contributed by atoms with van der Waals surface area (Å²) in [6, 6.07) is 0. The second-order valence-electron chi connectivity index (χ2n) is 3.27. The molecule has 0 aliphatic heterocycles. The normalized spacial score (nSPS) is 14.8. The molecule has 0 aromatic carbocycles. The lowest BCUT2D eigenvalue weighted by Gasteiger charge is -2.21. The topological polar surface area (TPSA) is 18.5 Å². The van der Waals surface area contributed by atoms with Gasteiger partial charge in [-0.3, -0.25) is 9.47 Å². The summed E-state index contributed by atoms with van der Waals surface area (Å²) >= 11 is 0. The second kappa shape index (κ2) is 5.69. The molecular weight excluding hydrogens is 306 g/mol. The van der Waals surface area contributed by atoms with Gasteiger partial charge in [-0.15, -0.1) is 0 Å². The smallest absolute Gasteiger partial charge is 0.293 e. The van der Waals surface area contributed by atoms with E-state index in [1.165, 1.54) is 0 Å². The molecule has 0 radical (unpaired) electrons. The maximum Gasteiger partial charge on any atom is 0.397 e. The van der Waals surface area contributed by atoms with E-state index in [0.717, 1.165) is 0 Å². The highest BCUT2D eigenvalue weighted by molar-refractivity contribution is 4.62. The number of hydrogen-bond acceptors (Lipinski definition) is 2. The Morgan fingerprint density at radius 2 is 0.789 bits per heavy atom. The lowest BCUT2D eigenvalue weighted by Crippen LogP contribution is -2.34. The molecule has 0 aromatic heterocycles. The second-order valence-corrected chi connectivity index (χ2v) is 3.27. The maximum absolute atomic E-state index is 12.3. The Morgan fingerprint density at radius 3 is 1.00 bits per heavy atom. The van der Waals surface area contributed by atoms with Crippen molar-refractivity contribution < 1.29 is 53.4 Å². The third kappa shape index (κ3) is 10.8. The molecule has 116 valence electrons. The van der Waals surface area contributed by atoms with Crippen molar-refractivity contribution in [1.82, 2.24) is 0 Å². The minimum Gasteiger partial charge on any atom is -0.293 e. The minimum absolute atomic E-state index is 2.13. The van der Waals surface area contributed by atoms with Crippen LogP contribution < -0.4 is 0 Å². The molecule has 0 atom stereocenters. The fourth-order valence-corrected chi connectivity index (χ4v) is 0.771. The molecule has 0 saturated heterocycles. The summed E-state index contributed by atoms with van der Waals surface area (Å²) in [7, 11) is 0. The third-order valence-electron chi connectivity index (χ3n) is 1.35. The molecule has 0 heterocycles. The Bertz CT molecular complexity index is 253. The van der Waals surface area contributed by atoms with Crippen LogP contribution in [0, 0.1) is 0 Å². The van der Waals surface area contributed by atoms with Crippen LogP contribution in [0.3, 0.4) is 0 Å². The monoisotopic (exact) mass is 312 g/mol. The fourth-order valence-electron chi connectivity index (χ4n) is 0.771. The molecule has 0 aliphatic carbocycles. The van der Waals surface area contributed by atoms with Crippen LogP contribution >= 0.6 is 0 Å². The number of halogens is 10. The summed E-state index contributed by atoms with van der Waals surface area (Å²) < 4.78 is 125. The standard InChI is InChI=1S/C7H6F10O2/c8-4(9,10)1-6(14,15)18-3-19-7(16,17)2-5(11,12)13/h1-3H2. The molecule has 0 fully saturated rings. The third-order valence-corrected chi connectivity index (χ3v) is 1.35. The van der Waals surface area contributed by atoms with Crippen molar-refractivity contribution in [2.75, 3.05) is 6.79 Å². The molecule has 0 bridgehead atoms. The minimum atomic E-state index is -5.35. The van der Waals surface area contributed by atoms with Crippen molar-refractivity contribution in [3.05, 3.63) is 0 Å². The quantitative estimate of drug-likeness (QED) is 0.544. The summed E-state index contributed by atoms with van der Waals surface area (Å²) in [5.74, 6) is 0. The van der Waals surface area contributed by atoms with Gasteiger partial charge in [0.2, 0.25) is 0 Å². The van der Waals surface area contributed by atoms with E-state index < -0.39 is 44.2 Å². The van der Waals surface area contributed by atoms with Gasteiger partial charge < -0.3 is 0 Å². The van der Waals surface area contributed by atoms with Crippen molar-refractivity contribution in [2.24, 2.45) is 0 Å². The molecule has 0 saturated carbocycles. The Kier molecular flexibility index (Phi) is 5.46. The summed E-state index contributed by atoms with van der Waals surface area (Å²) in [5, 5.41) is 0. The van der Waals surface area contributed by atoms with Gasteiger partial charge in [0.15, 0.2) is 6.79 Å². The van der Waals surface area contributed by atoms with E-state index in [1.54, 1.807) is 0 Å². The predicted octanol–water partition coefficient (Wildman–Crippen LogP) is 4.07. The van der Waals surface area contributed by atoms with Crippen LogP contribution in [0.4, 0.5) is 43.9 Å². The molecule has 0 spiro atoms. The number of ether oxygens (including phenoxy) is 2. The number of alkyl halides is 10. The summed E-state index contributed by atoms with van der Waals surface area (Å²) in [5.41, 5.74) is 0. The van der Waals surface area contributed by atoms with Gasteiger partial charge in [-0.1, -0.05) is 0 Å². The molecule has 0 aromatic rings. The predicted molar refractivity (Wildman–Crippen MR) is 38.3 cm³/mol. The van der Waals surface area contributed by atoms with Gasteiger partial charge in [-0.25, -0.2) is 0 Å². The van der Waals surface area contributed by atoms with Crippen molar-refractivity contribution in [3.8, 4) is 0 Å². The molecule has 19 heavy (non-hydrogen) atoms. The van der Waals surface area contributed by atoms with Gasteiger partial charge in [0, 0.05) is 0 Å². The van der Waals surface area contributed by atoms with Crippen LogP contribution in [-0.4, -0.2) is 31.4 Å². The van der Waals surface area contributed by atoms with Crippen LogP contribution in [0.25, 0.3) is 0 Å². The van der Waals surface area contributed by atoms with Crippen LogP contribution in [0.5, 0.6) is 0 Å². The van der Waals surface area contributed by atoms with Gasteiger partial charge in [0.1, 0.15) is 12.8 Å². The average molecular weight is 312 g/mol. The maximum atomic E-state index is 12.3. The molecule has 12 heteroatoms.